The fourth-order valence-corrected chi connectivity index (χ4v) is 9.56. The largest absolute Gasteiger partial charge is 0.208 e. The number of thiophene rings is 1. The van der Waals surface area contributed by atoms with Crippen molar-refractivity contribution < 1.29 is 0 Å². The summed E-state index contributed by atoms with van der Waals surface area (Å²) in [6.45, 7) is 0. The Morgan fingerprint density at radius 1 is 0.288 bits per heavy atom. The molecule has 11 aromatic rings. The zero-order valence-electron chi connectivity index (χ0n) is 32.0. The first kappa shape index (κ1) is 34.7. The lowest BCUT2D eigenvalue weighted by Gasteiger charge is -2.14. The molecule has 4 heteroatoms. The highest BCUT2D eigenvalue weighted by atomic mass is 32.1. The predicted octanol–water partition coefficient (Wildman–Crippen LogP) is 15.1. The van der Waals surface area contributed by atoms with Crippen molar-refractivity contribution in [2.24, 2.45) is 0 Å². The maximum Gasteiger partial charge on any atom is 0.164 e. The highest BCUT2D eigenvalue weighted by Crippen LogP contribution is 2.46. The van der Waals surface area contributed by atoms with Crippen LogP contribution in [0.2, 0.25) is 0 Å². The van der Waals surface area contributed by atoms with Crippen LogP contribution in [0.15, 0.2) is 212 Å². The van der Waals surface area contributed by atoms with Gasteiger partial charge in [0.2, 0.25) is 0 Å². The van der Waals surface area contributed by atoms with Gasteiger partial charge in [-0.15, -0.1) is 11.3 Å². The van der Waals surface area contributed by atoms with Gasteiger partial charge >= 0.3 is 0 Å². The molecule has 59 heavy (non-hydrogen) atoms. The lowest BCUT2D eigenvalue weighted by Crippen LogP contribution is -2.01. The minimum atomic E-state index is 0.627. The zero-order chi connectivity index (χ0) is 39.1. The van der Waals surface area contributed by atoms with Gasteiger partial charge in [0.05, 0.1) is 0 Å². The summed E-state index contributed by atoms with van der Waals surface area (Å²) < 4.78 is 2.44. The highest BCUT2D eigenvalue weighted by molar-refractivity contribution is 7.26. The van der Waals surface area contributed by atoms with Crippen LogP contribution in [0, 0.1) is 0 Å². The standard InChI is InChI=1S/C55H35N3S/c1-5-17-36(18-6-1)43-32-40-25-13-14-28-45(40)48(33-43)41-26-15-27-42(31-41)54-56-53(39-23-11-4-12-24-39)57-55(58-54)49-34-44(37-19-7-2-8-20-37)35-50-51(49)47-30-16-29-46(52(47)59-50)38-21-9-3-10-22-38/h1-35H. The van der Waals surface area contributed by atoms with Gasteiger partial charge in [0.15, 0.2) is 17.5 Å². The fourth-order valence-electron chi connectivity index (χ4n) is 8.26. The summed E-state index contributed by atoms with van der Waals surface area (Å²) in [6.07, 6.45) is 0. The third-order valence-electron chi connectivity index (χ3n) is 11.1. The van der Waals surface area contributed by atoms with Crippen LogP contribution in [0.5, 0.6) is 0 Å². The Kier molecular flexibility index (Phi) is 8.68. The molecule has 9 aromatic carbocycles. The number of rotatable bonds is 7. The van der Waals surface area contributed by atoms with Crippen molar-refractivity contribution in [3.8, 4) is 78.7 Å². The van der Waals surface area contributed by atoms with Crippen molar-refractivity contribution in [3.05, 3.63) is 212 Å². The van der Waals surface area contributed by atoms with Crippen molar-refractivity contribution in [1.82, 2.24) is 15.0 Å². The van der Waals surface area contributed by atoms with Gasteiger partial charge < -0.3 is 0 Å². The lowest BCUT2D eigenvalue weighted by atomic mass is 9.92. The summed E-state index contributed by atoms with van der Waals surface area (Å²) in [7, 11) is 0. The molecule has 0 unspecified atom stereocenters. The molecule has 0 aliphatic heterocycles. The van der Waals surface area contributed by atoms with Gasteiger partial charge in [-0.3, -0.25) is 0 Å². The molecular weight excluding hydrogens is 735 g/mol. The quantitative estimate of drug-likeness (QED) is 0.162. The first-order chi connectivity index (χ1) is 29.2. The topological polar surface area (TPSA) is 38.7 Å². The van der Waals surface area contributed by atoms with Gasteiger partial charge in [-0.1, -0.05) is 182 Å². The van der Waals surface area contributed by atoms with Gasteiger partial charge in [-0.2, -0.15) is 0 Å². The smallest absolute Gasteiger partial charge is 0.164 e. The minimum Gasteiger partial charge on any atom is -0.208 e. The number of aromatic nitrogens is 3. The molecule has 0 aliphatic rings. The summed E-state index contributed by atoms with van der Waals surface area (Å²) in [5.41, 5.74) is 12.2. The Morgan fingerprint density at radius 3 is 1.51 bits per heavy atom. The Bertz CT molecular complexity index is 3300. The predicted molar refractivity (Wildman–Crippen MR) is 248 cm³/mol. The number of fused-ring (bicyclic) bond motifs is 4. The zero-order valence-corrected chi connectivity index (χ0v) is 32.8. The van der Waals surface area contributed by atoms with Crippen LogP contribution < -0.4 is 0 Å². The molecular formula is C55H35N3S. The number of benzene rings is 9. The van der Waals surface area contributed by atoms with Gasteiger partial charge in [0.25, 0.3) is 0 Å². The van der Waals surface area contributed by atoms with Crippen molar-refractivity contribution in [2.45, 2.75) is 0 Å². The van der Waals surface area contributed by atoms with Crippen LogP contribution in [0.4, 0.5) is 0 Å². The van der Waals surface area contributed by atoms with Gasteiger partial charge in [-0.05, 0) is 85.6 Å². The summed E-state index contributed by atoms with van der Waals surface area (Å²) in [4.78, 5) is 15.9. The van der Waals surface area contributed by atoms with E-state index in [2.05, 4.69) is 194 Å². The van der Waals surface area contributed by atoms with E-state index in [0.29, 0.717) is 17.5 Å². The van der Waals surface area contributed by atoms with Crippen LogP contribution in [0.3, 0.4) is 0 Å². The van der Waals surface area contributed by atoms with Crippen LogP contribution >= 0.6 is 11.3 Å². The molecule has 0 N–H and O–H groups in total. The van der Waals surface area contributed by atoms with Gasteiger partial charge in [0.1, 0.15) is 0 Å². The Labute approximate surface area is 346 Å². The molecule has 0 aliphatic carbocycles. The second kappa shape index (κ2) is 14.8. The average molecular weight is 770 g/mol. The van der Waals surface area contributed by atoms with E-state index in [4.69, 9.17) is 15.0 Å². The normalized spacial score (nSPS) is 11.4. The van der Waals surface area contributed by atoms with Crippen molar-refractivity contribution >= 4 is 42.3 Å². The molecule has 0 amide bonds. The molecule has 11 rings (SSSR count). The van der Waals surface area contributed by atoms with Gasteiger partial charge in [-0.25, -0.2) is 15.0 Å². The van der Waals surface area contributed by atoms with Crippen LogP contribution in [-0.2, 0) is 0 Å². The minimum absolute atomic E-state index is 0.627. The first-order valence-electron chi connectivity index (χ1n) is 19.8. The van der Waals surface area contributed by atoms with Crippen molar-refractivity contribution in [1.29, 1.82) is 0 Å². The van der Waals surface area contributed by atoms with E-state index in [1.54, 1.807) is 0 Å². The van der Waals surface area contributed by atoms with Crippen molar-refractivity contribution in [2.75, 3.05) is 0 Å². The lowest BCUT2D eigenvalue weighted by molar-refractivity contribution is 1.08. The molecule has 0 radical (unpaired) electrons. The molecule has 2 aromatic heterocycles. The monoisotopic (exact) mass is 769 g/mol. The highest BCUT2D eigenvalue weighted by Gasteiger charge is 2.21. The molecule has 276 valence electrons. The molecule has 0 fully saturated rings. The molecule has 0 bridgehead atoms. The van der Waals surface area contributed by atoms with E-state index in [1.807, 2.05) is 29.5 Å². The van der Waals surface area contributed by atoms with Crippen LogP contribution in [0.1, 0.15) is 0 Å². The summed E-state index contributed by atoms with van der Waals surface area (Å²) in [5, 5.41) is 4.74. The Morgan fingerprint density at radius 2 is 0.797 bits per heavy atom. The van der Waals surface area contributed by atoms with Gasteiger partial charge in [0, 0.05) is 36.9 Å². The molecule has 0 saturated heterocycles. The number of hydrogen-bond acceptors (Lipinski definition) is 4. The summed E-state index contributed by atoms with van der Waals surface area (Å²) in [6, 6.07) is 75.2. The molecule has 0 atom stereocenters. The van der Waals surface area contributed by atoms with E-state index >= 15 is 0 Å². The Hall–Kier alpha value is -7.53. The Balaban J connectivity index is 1.15. The maximum atomic E-state index is 5.40. The van der Waals surface area contributed by atoms with Crippen LogP contribution in [-0.4, -0.2) is 15.0 Å². The molecule has 3 nitrogen and oxygen atoms in total. The van der Waals surface area contributed by atoms with E-state index in [9.17, 15) is 0 Å². The van der Waals surface area contributed by atoms with E-state index in [1.165, 1.54) is 47.8 Å². The molecule has 0 saturated carbocycles. The summed E-state index contributed by atoms with van der Waals surface area (Å²) >= 11 is 1.83. The SMILES string of the molecule is c1ccc(-c2cc(-c3cccc(-c4nc(-c5ccccc5)nc(-c5cc(-c6ccccc6)cc6sc7c(-c8ccccc8)cccc7c56)n4)c3)c3ccccc3c2)cc1. The average Bonchev–Trinajstić information content (AvgIpc) is 3.71. The molecule has 2 heterocycles. The maximum absolute atomic E-state index is 5.40. The number of nitrogens with zero attached hydrogens (tertiary/aromatic N) is 3. The number of hydrogen-bond donors (Lipinski definition) is 0. The second-order valence-corrected chi connectivity index (χ2v) is 15.8. The molecule has 0 spiro atoms. The third-order valence-corrected chi connectivity index (χ3v) is 12.3. The third kappa shape index (κ3) is 6.46. The van der Waals surface area contributed by atoms with Crippen LogP contribution in [0.25, 0.3) is 110 Å². The second-order valence-electron chi connectivity index (χ2n) is 14.8. The summed E-state index contributed by atoms with van der Waals surface area (Å²) in [5.74, 6) is 1.90. The van der Waals surface area contributed by atoms with E-state index < -0.39 is 0 Å². The first-order valence-corrected chi connectivity index (χ1v) is 20.7. The van der Waals surface area contributed by atoms with Crippen molar-refractivity contribution in [3.63, 3.8) is 0 Å². The fraction of sp³-hybridized carbons (Fsp3) is 0. The van der Waals surface area contributed by atoms with E-state index in [-0.39, 0.29) is 0 Å². The van der Waals surface area contributed by atoms with E-state index in [0.717, 1.165) is 44.3 Å².